The van der Waals surface area contributed by atoms with E-state index in [4.69, 9.17) is 4.98 Å². The lowest BCUT2D eigenvalue weighted by molar-refractivity contribution is 1.37. The van der Waals surface area contributed by atoms with Crippen molar-refractivity contribution < 1.29 is 0 Å². The Morgan fingerprint density at radius 3 is 2.06 bits per heavy atom. The van der Waals surface area contributed by atoms with Gasteiger partial charge in [-0.1, -0.05) is 54.6 Å². The first-order valence-corrected chi connectivity index (χ1v) is 10.9. The second-order valence-electron chi connectivity index (χ2n) is 8.31. The van der Waals surface area contributed by atoms with Crippen molar-refractivity contribution in [1.29, 1.82) is 0 Å². The van der Waals surface area contributed by atoms with E-state index in [0.29, 0.717) is 0 Å². The number of nitrogens with one attached hydrogen (secondary N) is 1. The predicted molar refractivity (Wildman–Crippen MR) is 135 cm³/mol. The van der Waals surface area contributed by atoms with Crippen LogP contribution in [0.3, 0.4) is 0 Å². The first kappa shape index (κ1) is 18.0. The van der Waals surface area contributed by atoms with Crippen molar-refractivity contribution in [3.05, 3.63) is 104 Å². The van der Waals surface area contributed by atoms with Gasteiger partial charge in [0, 0.05) is 51.4 Å². The van der Waals surface area contributed by atoms with Gasteiger partial charge in [0.15, 0.2) is 0 Å². The minimum absolute atomic E-state index is 0.933. The number of aromatic nitrogens is 4. The van der Waals surface area contributed by atoms with E-state index in [-0.39, 0.29) is 0 Å². The summed E-state index contributed by atoms with van der Waals surface area (Å²) in [5.74, 6) is 0. The number of H-pyrrole nitrogens is 1. The third kappa shape index (κ3) is 2.88. The molecule has 0 spiro atoms. The molecule has 0 aliphatic rings. The molecule has 4 heterocycles. The highest BCUT2D eigenvalue weighted by Crippen LogP contribution is 2.32. The summed E-state index contributed by atoms with van der Waals surface area (Å²) in [5.41, 5.74) is 8.36. The van der Waals surface area contributed by atoms with Crippen LogP contribution in [0.2, 0.25) is 0 Å². The number of fused-ring (bicyclic) bond motifs is 6. The molecule has 0 radical (unpaired) electrons. The fraction of sp³-hybridized carbons (Fsp3) is 0. The van der Waals surface area contributed by atoms with Crippen molar-refractivity contribution in [2.24, 2.45) is 0 Å². The molecule has 154 valence electrons. The van der Waals surface area contributed by atoms with Crippen molar-refractivity contribution in [1.82, 2.24) is 19.9 Å². The largest absolute Gasteiger partial charge is 0.353 e. The molecule has 0 saturated heterocycles. The van der Waals surface area contributed by atoms with Crippen LogP contribution in [0.15, 0.2) is 104 Å². The van der Waals surface area contributed by atoms with Crippen LogP contribution >= 0.6 is 0 Å². The van der Waals surface area contributed by atoms with Crippen LogP contribution in [0.25, 0.3) is 66.0 Å². The zero-order valence-corrected chi connectivity index (χ0v) is 17.7. The molecule has 4 aromatic heterocycles. The second-order valence-corrected chi connectivity index (χ2v) is 8.31. The Labute approximate surface area is 189 Å². The van der Waals surface area contributed by atoms with Crippen LogP contribution in [0.5, 0.6) is 0 Å². The van der Waals surface area contributed by atoms with Crippen molar-refractivity contribution >= 4 is 43.6 Å². The van der Waals surface area contributed by atoms with E-state index >= 15 is 0 Å². The molecule has 1 N–H and O–H groups in total. The summed E-state index contributed by atoms with van der Waals surface area (Å²) in [7, 11) is 0. The monoisotopic (exact) mass is 422 g/mol. The number of pyridine rings is 3. The molecule has 0 unspecified atom stereocenters. The van der Waals surface area contributed by atoms with Crippen LogP contribution in [-0.4, -0.2) is 19.9 Å². The van der Waals surface area contributed by atoms with Gasteiger partial charge in [0.25, 0.3) is 0 Å². The average Bonchev–Trinajstić information content (AvgIpc) is 3.33. The van der Waals surface area contributed by atoms with E-state index in [0.717, 1.165) is 66.0 Å². The smallest absolute Gasteiger partial charge is 0.0964 e. The number of rotatable bonds is 2. The Hall–Kier alpha value is -4.57. The Balaban J connectivity index is 1.35. The third-order valence-electron chi connectivity index (χ3n) is 6.30. The first-order chi connectivity index (χ1) is 16.3. The Kier molecular flexibility index (Phi) is 3.81. The molecule has 7 rings (SSSR count). The van der Waals surface area contributed by atoms with E-state index in [9.17, 15) is 0 Å². The van der Waals surface area contributed by atoms with Crippen LogP contribution in [-0.2, 0) is 0 Å². The third-order valence-corrected chi connectivity index (χ3v) is 6.30. The highest BCUT2D eigenvalue weighted by molar-refractivity contribution is 6.05. The molecule has 7 aromatic rings. The molecule has 3 aromatic carbocycles. The van der Waals surface area contributed by atoms with Crippen molar-refractivity contribution in [2.45, 2.75) is 0 Å². The molecule has 0 bridgehead atoms. The summed E-state index contributed by atoms with van der Waals surface area (Å²) in [6.07, 6.45) is 5.60. The number of hydrogen-bond acceptors (Lipinski definition) is 3. The van der Waals surface area contributed by atoms with Gasteiger partial charge in [-0.25, -0.2) is 0 Å². The van der Waals surface area contributed by atoms with Crippen molar-refractivity contribution in [3.63, 3.8) is 0 Å². The van der Waals surface area contributed by atoms with Crippen LogP contribution in [0.4, 0.5) is 0 Å². The maximum absolute atomic E-state index is 4.78. The number of hydrogen-bond donors (Lipinski definition) is 1. The number of benzene rings is 3. The lowest BCUT2D eigenvalue weighted by atomic mass is 10.0. The molecular formula is C29H18N4. The van der Waals surface area contributed by atoms with Crippen LogP contribution in [0.1, 0.15) is 0 Å². The van der Waals surface area contributed by atoms with Crippen LogP contribution < -0.4 is 0 Å². The molecule has 0 amide bonds. The van der Waals surface area contributed by atoms with Gasteiger partial charge in [0.1, 0.15) is 0 Å². The van der Waals surface area contributed by atoms with Gasteiger partial charge < -0.3 is 4.98 Å². The summed E-state index contributed by atoms with van der Waals surface area (Å²) >= 11 is 0. The number of nitrogens with zero attached hydrogens (tertiary/aromatic N) is 3. The van der Waals surface area contributed by atoms with Gasteiger partial charge in [-0.3, -0.25) is 15.0 Å². The molecule has 33 heavy (non-hydrogen) atoms. The van der Waals surface area contributed by atoms with Crippen LogP contribution in [0, 0.1) is 0 Å². The fourth-order valence-electron chi connectivity index (χ4n) is 4.65. The summed E-state index contributed by atoms with van der Waals surface area (Å²) in [6.45, 7) is 0. The Morgan fingerprint density at radius 2 is 1.18 bits per heavy atom. The lowest BCUT2D eigenvalue weighted by Crippen LogP contribution is -1.87. The van der Waals surface area contributed by atoms with Gasteiger partial charge in [-0.2, -0.15) is 0 Å². The molecular weight excluding hydrogens is 404 g/mol. The van der Waals surface area contributed by atoms with Gasteiger partial charge in [0.2, 0.25) is 0 Å². The standard InChI is InChI=1S/C29H18N4/c1-4-20(24-15-22-10-8-18-6-2-12-30-26(18)28(22)32-17-24)14-21(5-1)25-16-23-11-9-19-7-3-13-31-27(19)29(23)33-25/h1-17,33H. The highest BCUT2D eigenvalue weighted by Gasteiger charge is 2.10. The average molecular weight is 422 g/mol. The molecule has 0 aliphatic heterocycles. The summed E-state index contributed by atoms with van der Waals surface area (Å²) in [6, 6.07) is 29.5. The summed E-state index contributed by atoms with van der Waals surface area (Å²) < 4.78 is 0. The zero-order valence-electron chi connectivity index (χ0n) is 17.7. The molecule has 4 heteroatoms. The highest BCUT2D eigenvalue weighted by atomic mass is 14.8. The Morgan fingerprint density at radius 1 is 0.485 bits per heavy atom. The maximum Gasteiger partial charge on any atom is 0.0964 e. The van der Waals surface area contributed by atoms with Crippen molar-refractivity contribution in [2.75, 3.05) is 0 Å². The molecule has 0 atom stereocenters. The summed E-state index contributed by atoms with van der Waals surface area (Å²) in [5, 5.41) is 4.49. The summed E-state index contributed by atoms with van der Waals surface area (Å²) in [4.78, 5) is 17.5. The van der Waals surface area contributed by atoms with Gasteiger partial charge >= 0.3 is 0 Å². The van der Waals surface area contributed by atoms with E-state index in [1.165, 1.54) is 0 Å². The normalized spacial score (nSPS) is 11.6. The van der Waals surface area contributed by atoms with Gasteiger partial charge in [-0.15, -0.1) is 0 Å². The van der Waals surface area contributed by atoms with Crippen molar-refractivity contribution in [3.8, 4) is 22.4 Å². The molecule has 0 saturated carbocycles. The lowest BCUT2D eigenvalue weighted by Gasteiger charge is -2.07. The maximum atomic E-state index is 4.78. The molecule has 0 fully saturated rings. The van der Waals surface area contributed by atoms with E-state index < -0.39 is 0 Å². The van der Waals surface area contributed by atoms with E-state index in [1.807, 2.05) is 30.7 Å². The number of aromatic amines is 1. The van der Waals surface area contributed by atoms with Gasteiger partial charge in [0.05, 0.1) is 22.1 Å². The van der Waals surface area contributed by atoms with E-state index in [2.05, 4.69) is 87.7 Å². The Bertz CT molecular complexity index is 1830. The second kappa shape index (κ2) is 6.97. The minimum atomic E-state index is 0.933. The predicted octanol–water partition coefficient (Wildman–Crippen LogP) is 7.15. The minimum Gasteiger partial charge on any atom is -0.353 e. The fourth-order valence-corrected chi connectivity index (χ4v) is 4.65. The first-order valence-electron chi connectivity index (χ1n) is 10.9. The van der Waals surface area contributed by atoms with Gasteiger partial charge in [-0.05, 0) is 41.5 Å². The SMILES string of the molecule is c1cc(-c2cnc3c(ccc4cccnc43)c2)cc(-c2cc3ccc4cccnc4c3[nH]2)c1. The quantitative estimate of drug-likeness (QED) is 0.301. The molecule has 4 nitrogen and oxygen atoms in total. The molecule has 0 aliphatic carbocycles. The topological polar surface area (TPSA) is 54.5 Å². The van der Waals surface area contributed by atoms with E-state index in [1.54, 1.807) is 0 Å². The zero-order chi connectivity index (χ0) is 21.8.